The molecule has 1 aliphatic rings. The van der Waals surface area contributed by atoms with E-state index in [1.54, 1.807) is 0 Å². The van der Waals surface area contributed by atoms with Gasteiger partial charge >= 0.3 is 18.1 Å². The highest BCUT2D eigenvalue weighted by atomic mass is 19.4. The summed E-state index contributed by atoms with van der Waals surface area (Å²) in [5.74, 6) is -3.78. The molecule has 1 saturated heterocycles. The molecule has 0 saturated carbocycles. The summed E-state index contributed by atoms with van der Waals surface area (Å²) < 4.78 is 43.9. The van der Waals surface area contributed by atoms with E-state index in [-0.39, 0.29) is 0 Å². The summed E-state index contributed by atoms with van der Waals surface area (Å²) in [4.78, 5) is 21.6. The number of carbonyl (C=O) groups is 2. The normalized spacial score (nSPS) is 25.5. The number of methoxy groups -OCH3 is 1. The fourth-order valence-corrected chi connectivity index (χ4v) is 1.38. The Morgan fingerprint density at radius 3 is 2.50 bits per heavy atom. The zero-order valence-electron chi connectivity index (χ0n) is 8.34. The third-order valence-electron chi connectivity index (χ3n) is 2.15. The number of halogens is 3. The summed E-state index contributed by atoms with van der Waals surface area (Å²) in [5.41, 5.74) is 0. The maximum Gasteiger partial charge on any atom is 0.491 e. The summed E-state index contributed by atoms with van der Waals surface area (Å²) in [6, 6.07) is -1.03. The molecule has 1 rings (SSSR count). The van der Waals surface area contributed by atoms with Crippen LogP contribution in [-0.2, 0) is 19.1 Å². The molecule has 2 atom stereocenters. The second kappa shape index (κ2) is 4.79. The van der Waals surface area contributed by atoms with Gasteiger partial charge in [-0.05, 0) is 13.0 Å². The van der Waals surface area contributed by atoms with Crippen molar-refractivity contribution in [3.05, 3.63) is 0 Å². The van der Waals surface area contributed by atoms with Gasteiger partial charge in [-0.2, -0.15) is 13.2 Å². The van der Waals surface area contributed by atoms with Gasteiger partial charge in [-0.25, -0.2) is 9.59 Å². The lowest BCUT2D eigenvalue weighted by molar-refractivity contribution is -0.203. The van der Waals surface area contributed by atoms with Crippen LogP contribution in [0.15, 0.2) is 0 Å². The Bertz CT molecular complexity index is 291. The first-order valence-corrected chi connectivity index (χ1v) is 4.45. The molecule has 16 heavy (non-hydrogen) atoms. The molecule has 1 heterocycles. The van der Waals surface area contributed by atoms with E-state index in [0.717, 1.165) is 0 Å². The van der Waals surface area contributed by atoms with E-state index in [4.69, 9.17) is 4.74 Å². The van der Waals surface area contributed by atoms with Gasteiger partial charge in [0.15, 0.2) is 0 Å². The maximum atomic E-state index is 11.8. The van der Waals surface area contributed by atoms with Gasteiger partial charge in [0.1, 0.15) is 6.04 Å². The summed E-state index contributed by atoms with van der Waals surface area (Å²) in [6.07, 6.45) is -5.28. The van der Waals surface area contributed by atoms with Crippen LogP contribution in [0, 0.1) is 0 Å². The van der Waals surface area contributed by atoms with Crippen LogP contribution >= 0.6 is 0 Å². The molecule has 2 unspecified atom stereocenters. The van der Waals surface area contributed by atoms with Crippen LogP contribution < -0.4 is 5.32 Å². The van der Waals surface area contributed by atoms with Crippen LogP contribution in [0.5, 0.6) is 0 Å². The molecule has 0 radical (unpaired) electrons. The van der Waals surface area contributed by atoms with Crippen molar-refractivity contribution in [3.8, 4) is 0 Å². The van der Waals surface area contributed by atoms with E-state index in [1.807, 2.05) is 0 Å². The van der Waals surface area contributed by atoms with Gasteiger partial charge < -0.3 is 14.8 Å². The first-order valence-electron chi connectivity index (χ1n) is 4.45. The predicted octanol–water partition coefficient (Wildman–Crippen LogP) is -0.00460. The highest BCUT2D eigenvalue weighted by Crippen LogP contribution is 2.18. The Morgan fingerprint density at radius 2 is 2.00 bits per heavy atom. The second-order valence-electron chi connectivity index (χ2n) is 3.20. The van der Waals surface area contributed by atoms with Crippen LogP contribution in [0.3, 0.4) is 0 Å². The molecule has 1 N–H and O–H groups in total. The number of rotatable bonds is 2. The van der Waals surface area contributed by atoms with Gasteiger partial charge in [0.2, 0.25) is 0 Å². The van der Waals surface area contributed by atoms with Crippen LogP contribution in [0.2, 0.25) is 0 Å². The van der Waals surface area contributed by atoms with Gasteiger partial charge in [0.25, 0.3) is 0 Å². The van der Waals surface area contributed by atoms with Gasteiger partial charge in [0, 0.05) is 7.11 Å². The van der Waals surface area contributed by atoms with Crippen LogP contribution in [-0.4, -0.2) is 43.9 Å². The number of hydrogen-bond donors (Lipinski definition) is 1. The fraction of sp³-hybridized carbons (Fsp3) is 0.750. The van der Waals surface area contributed by atoms with Crippen LogP contribution in [0.4, 0.5) is 13.2 Å². The average molecular weight is 241 g/mol. The monoisotopic (exact) mass is 241 g/mol. The molecule has 0 aromatic heterocycles. The number of esters is 2. The van der Waals surface area contributed by atoms with Gasteiger partial charge in [-0.3, -0.25) is 0 Å². The summed E-state index contributed by atoms with van der Waals surface area (Å²) in [6.45, 7) is 0.415. The minimum Gasteiger partial charge on any atom is -0.385 e. The zero-order chi connectivity index (χ0) is 12.3. The summed E-state index contributed by atoms with van der Waals surface area (Å²) in [5, 5.41) is 2.60. The summed E-state index contributed by atoms with van der Waals surface area (Å²) >= 11 is 0. The molecular weight excluding hydrogens is 231 g/mol. The molecule has 1 aliphatic heterocycles. The van der Waals surface area contributed by atoms with Crippen molar-refractivity contribution in [3.63, 3.8) is 0 Å². The standard InChI is InChI=1S/C8H10F3NO4/c1-15-4-2-3-12-5(4)6(13)16-7(14)8(9,10)11/h4-5,12H,2-3H2,1H3. The van der Waals surface area contributed by atoms with E-state index in [0.29, 0.717) is 13.0 Å². The number of carbonyl (C=O) groups excluding carboxylic acids is 2. The Labute approximate surface area is 88.9 Å². The second-order valence-corrected chi connectivity index (χ2v) is 3.20. The van der Waals surface area contributed by atoms with Crippen molar-refractivity contribution in [2.24, 2.45) is 0 Å². The smallest absolute Gasteiger partial charge is 0.385 e. The predicted molar refractivity (Wildman–Crippen MR) is 44.4 cm³/mol. The molecule has 0 amide bonds. The molecule has 5 nitrogen and oxygen atoms in total. The lowest BCUT2D eigenvalue weighted by atomic mass is 10.2. The minimum absolute atomic E-state index is 0.415. The average Bonchev–Trinajstić information content (AvgIpc) is 2.63. The quantitative estimate of drug-likeness (QED) is 0.544. The third kappa shape index (κ3) is 2.92. The largest absolute Gasteiger partial charge is 0.491 e. The minimum atomic E-state index is -5.17. The molecular formula is C8H10F3NO4. The Morgan fingerprint density at radius 1 is 1.38 bits per heavy atom. The van der Waals surface area contributed by atoms with Gasteiger partial charge in [-0.1, -0.05) is 0 Å². The van der Waals surface area contributed by atoms with Crippen molar-refractivity contribution < 1.29 is 32.2 Å². The first kappa shape index (κ1) is 12.9. The molecule has 0 aliphatic carbocycles. The first-order chi connectivity index (χ1) is 7.36. The van der Waals surface area contributed by atoms with E-state index in [1.165, 1.54) is 7.11 Å². The van der Waals surface area contributed by atoms with Gasteiger partial charge in [-0.15, -0.1) is 0 Å². The summed E-state index contributed by atoms with van der Waals surface area (Å²) in [7, 11) is 1.32. The van der Waals surface area contributed by atoms with Crippen molar-refractivity contribution in [1.29, 1.82) is 0 Å². The van der Waals surface area contributed by atoms with E-state index in [9.17, 15) is 22.8 Å². The topological polar surface area (TPSA) is 64.6 Å². The molecule has 8 heteroatoms. The molecule has 0 spiro atoms. The lowest BCUT2D eigenvalue weighted by Gasteiger charge is -2.16. The van der Waals surface area contributed by atoms with Crippen LogP contribution in [0.25, 0.3) is 0 Å². The molecule has 0 aromatic carbocycles. The number of hydrogen-bond acceptors (Lipinski definition) is 5. The molecule has 0 aromatic rings. The Hall–Kier alpha value is -1.15. The third-order valence-corrected chi connectivity index (χ3v) is 2.15. The Kier molecular flexibility index (Phi) is 3.87. The van der Waals surface area contributed by atoms with E-state index in [2.05, 4.69) is 10.1 Å². The molecule has 92 valence electrons. The number of nitrogens with one attached hydrogen (secondary N) is 1. The Balaban J connectivity index is 2.56. The molecule has 1 fully saturated rings. The van der Waals surface area contributed by atoms with E-state index >= 15 is 0 Å². The number of ether oxygens (including phenoxy) is 2. The number of alkyl halides is 3. The maximum absolute atomic E-state index is 11.8. The van der Waals surface area contributed by atoms with E-state index < -0.39 is 30.3 Å². The van der Waals surface area contributed by atoms with Crippen molar-refractivity contribution in [2.75, 3.05) is 13.7 Å². The van der Waals surface area contributed by atoms with Crippen molar-refractivity contribution in [1.82, 2.24) is 5.32 Å². The highest BCUT2D eigenvalue weighted by Gasteiger charge is 2.45. The molecule has 0 bridgehead atoms. The fourth-order valence-electron chi connectivity index (χ4n) is 1.38. The SMILES string of the molecule is COC1CCNC1C(=O)OC(=O)C(F)(F)F. The van der Waals surface area contributed by atoms with Crippen LogP contribution in [0.1, 0.15) is 6.42 Å². The van der Waals surface area contributed by atoms with Gasteiger partial charge in [0.05, 0.1) is 6.10 Å². The van der Waals surface area contributed by atoms with Crippen molar-refractivity contribution in [2.45, 2.75) is 24.7 Å². The lowest BCUT2D eigenvalue weighted by Crippen LogP contribution is -2.43. The zero-order valence-corrected chi connectivity index (χ0v) is 8.34. The highest BCUT2D eigenvalue weighted by molar-refractivity contribution is 5.91. The van der Waals surface area contributed by atoms with Crippen molar-refractivity contribution >= 4 is 11.9 Å².